The summed E-state index contributed by atoms with van der Waals surface area (Å²) < 4.78 is 0. The Hall–Kier alpha value is -3.97. The van der Waals surface area contributed by atoms with Crippen LogP contribution in [0.15, 0.2) is 78.9 Å². The van der Waals surface area contributed by atoms with Crippen molar-refractivity contribution >= 4 is 22.6 Å². The predicted octanol–water partition coefficient (Wildman–Crippen LogP) is 3.46. The van der Waals surface area contributed by atoms with E-state index in [9.17, 15) is 9.90 Å². The van der Waals surface area contributed by atoms with Crippen molar-refractivity contribution in [3.05, 3.63) is 84.4 Å². The molecule has 1 amide bonds. The van der Waals surface area contributed by atoms with Gasteiger partial charge in [-0.25, -0.2) is 9.97 Å². The smallest absolute Gasteiger partial charge is 0.237 e. The highest BCUT2D eigenvalue weighted by Gasteiger charge is 2.30. The lowest BCUT2D eigenvalue weighted by Gasteiger charge is -2.16. The Balaban J connectivity index is 1.32. The average molecular weight is 440 g/mol. The molecule has 0 saturated carbocycles. The minimum atomic E-state index is -0.267. The van der Waals surface area contributed by atoms with Crippen LogP contribution in [-0.2, 0) is 11.3 Å². The van der Waals surface area contributed by atoms with Gasteiger partial charge in [0.1, 0.15) is 11.6 Å². The number of phenols is 1. The molecule has 5 rings (SSSR count). The van der Waals surface area contributed by atoms with Gasteiger partial charge >= 0.3 is 0 Å². The normalized spacial score (nSPS) is 17.7. The van der Waals surface area contributed by atoms with E-state index in [4.69, 9.17) is 4.98 Å². The molecule has 4 aromatic rings. The second-order valence-corrected chi connectivity index (χ2v) is 8.17. The minimum absolute atomic E-state index is 0.00871. The molecule has 1 aliphatic heterocycles. The molecule has 33 heavy (non-hydrogen) atoms. The van der Waals surface area contributed by atoms with Crippen LogP contribution in [0.4, 0.5) is 5.82 Å². The Morgan fingerprint density at radius 2 is 1.73 bits per heavy atom. The van der Waals surface area contributed by atoms with Crippen molar-refractivity contribution in [2.24, 2.45) is 0 Å². The molecule has 0 aliphatic carbocycles. The summed E-state index contributed by atoms with van der Waals surface area (Å²) in [6.45, 7) is 1.16. The first-order valence-electron chi connectivity index (χ1n) is 11.0. The Kier molecular flexibility index (Phi) is 5.87. The van der Waals surface area contributed by atoms with Gasteiger partial charge in [-0.05, 0) is 36.2 Å². The van der Waals surface area contributed by atoms with Gasteiger partial charge < -0.3 is 21.1 Å². The van der Waals surface area contributed by atoms with Gasteiger partial charge in [-0.15, -0.1) is 0 Å². The number of carbonyl (C=O) groups excluding carboxylic acids is 1. The number of benzene rings is 3. The van der Waals surface area contributed by atoms with Gasteiger partial charge in [0.25, 0.3) is 0 Å². The average Bonchev–Trinajstić information content (AvgIpc) is 3.32. The summed E-state index contributed by atoms with van der Waals surface area (Å²) in [5.74, 6) is 1.27. The lowest BCUT2D eigenvalue weighted by Crippen LogP contribution is -2.39. The van der Waals surface area contributed by atoms with Gasteiger partial charge in [-0.3, -0.25) is 4.79 Å². The van der Waals surface area contributed by atoms with E-state index in [2.05, 4.69) is 20.9 Å². The molecule has 3 aromatic carbocycles. The van der Waals surface area contributed by atoms with Crippen LogP contribution in [0.25, 0.3) is 22.3 Å². The number of aromatic hydroxyl groups is 1. The van der Waals surface area contributed by atoms with Crippen molar-refractivity contribution in [3.63, 3.8) is 0 Å². The summed E-state index contributed by atoms with van der Waals surface area (Å²) in [7, 11) is 0. The lowest BCUT2D eigenvalue weighted by molar-refractivity contribution is -0.122. The van der Waals surface area contributed by atoms with E-state index < -0.39 is 0 Å². The zero-order valence-corrected chi connectivity index (χ0v) is 18.0. The van der Waals surface area contributed by atoms with Crippen molar-refractivity contribution in [2.45, 2.75) is 25.0 Å². The van der Waals surface area contributed by atoms with Gasteiger partial charge in [0.2, 0.25) is 5.91 Å². The number of fused-ring (bicyclic) bond motifs is 1. The number of anilines is 1. The maximum absolute atomic E-state index is 12.7. The van der Waals surface area contributed by atoms with Crippen molar-refractivity contribution in [2.75, 3.05) is 11.9 Å². The molecule has 166 valence electrons. The number of phenolic OH excluding ortho intramolecular Hbond substituents is 1. The number of hydrogen-bond acceptors (Lipinski definition) is 6. The number of rotatable bonds is 6. The van der Waals surface area contributed by atoms with Crippen LogP contribution in [0.2, 0.25) is 0 Å². The Labute approximate surface area is 191 Å². The molecule has 0 spiro atoms. The SMILES string of the molecule is O=C(NCc1ccccc1)[C@H]1C[C@H](Nc2nc(-c3ccccc3O)nc3ccccc23)CN1. The fraction of sp³-hybridized carbons (Fsp3) is 0.192. The minimum Gasteiger partial charge on any atom is -0.507 e. The summed E-state index contributed by atoms with van der Waals surface area (Å²) in [6, 6.07) is 24.5. The first-order chi connectivity index (χ1) is 16.2. The second kappa shape index (κ2) is 9.26. The molecule has 1 saturated heterocycles. The highest BCUT2D eigenvalue weighted by molar-refractivity contribution is 5.91. The van der Waals surface area contributed by atoms with Crippen LogP contribution in [0.3, 0.4) is 0 Å². The quantitative estimate of drug-likeness (QED) is 0.367. The van der Waals surface area contributed by atoms with Crippen molar-refractivity contribution in [1.82, 2.24) is 20.6 Å². The molecule has 1 aliphatic rings. The lowest BCUT2D eigenvalue weighted by atomic mass is 10.1. The van der Waals surface area contributed by atoms with Crippen LogP contribution in [0, 0.1) is 0 Å². The molecule has 1 fully saturated rings. The second-order valence-electron chi connectivity index (χ2n) is 8.17. The summed E-state index contributed by atoms with van der Waals surface area (Å²) in [4.78, 5) is 22.0. The Morgan fingerprint density at radius 3 is 2.58 bits per heavy atom. The number of carbonyl (C=O) groups is 1. The predicted molar refractivity (Wildman–Crippen MR) is 129 cm³/mol. The number of nitrogens with one attached hydrogen (secondary N) is 3. The van der Waals surface area contributed by atoms with Crippen LogP contribution < -0.4 is 16.0 Å². The zero-order valence-electron chi connectivity index (χ0n) is 18.0. The van der Waals surface area contributed by atoms with Crippen molar-refractivity contribution < 1.29 is 9.90 Å². The van der Waals surface area contributed by atoms with Gasteiger partial charge in [0, 0.05) is 24.5 Å². The Morgan fingerprint density at radius 1 is 0.970 bits per heavy atom. The molecule has 7 nitrogen and oxygen atoms in total. The number of para-hydroxylation sites is 2. The summed E-state index contributed by atoms with van der Waals surface area (Å²) in [6.07, 6.45) is 0.644. The first kappa shape index (κ1) is 20.9. The number of nitrogens with zero attached hydrogens (tertiary/aromatic N) is 2. The summed E-state index contributed by atoms with van der Waals surface area (Å²) in [5, 5.41) is 21.0. The van der Waals surface area contributed by atoms with Gasteiger partial charge in [-0.2, -0.15) is 0 Å². The summed E-state index contributed by atoms with van der Waals surface area (Å²) >= 11 is 0. The fourth-order valence-electron chi connectivity index (χ4n) is 4.12. The van der Waals surface area contributed by atoms with Gasteiger partial charge in [0.15, 0.2) is 5.82 Å². The van der Waals surface area contributed by atoms with E-state index in [0.29, 0.717) is 36.7 Å². The molecule has 2 atom stereocenters. The fourth-order valence-corrected chi connectivity index (χ4v) is 4.12. The highest BCUT2D eigenvalue weighted by Crippen LogP contribution is 2.30. The van der Waals surface area contributed by atoms with Crippen LogP contribution in [-0.4, -0.2) is 39.6 Å². The van der Waals surface area contributed by atoms with E-state index in [1.807, 2.05) is 60.7 Å². The molecule has 4 N–H and O–H groups in total. The topological polar surface area (TPSA) is 99.2 Å². The number of amides is 1. The van der Waals surface area contributed by atoms with Crippen LogP contribution in [0.1, 0.15) is 12.0 Å². The number of hydrogen-bond donors (Lipinski definition) is 4. The molecule has 1 aromatic heterocycles. The third-order valence-electron chi connectivity index (χ3n) is 5.85. The molecule has 0 bridgehead atoms. The van der Waals surface area contributed by atoms with E-state index in [1.165, 1.54) is 0 Å². The van der Waals surface area contributed by atoms with Crippen molar-refractivity contribution in [1.29, 1.82) is 0 Å². The number of aromatic nitrogens is 2. The van der Waals surface area contributed by atoms with Crippen LogP contribution >= 0.6 is 0 Å². The third-order valence-corrected chi connectivity index (χ3v) is 5.85. The van der Waals surface area contributed by atoms with Gasteiger partial charge in [-0.1, -0.05) is 54.6 Å². The Bertz CT molecular complexity index is 1280. The first-order valence-corrected chi connectivity index (χ1v) is 11.0. The van der Waals surface area contributed by atoms with Crippen LogP contribution in [0.5, 0.6) is 5.75 Å². The van der Waals surface area contributed by atoms with E-state index in [0.717, 1.165) is 16.5 Å². The monoisotopic (exact) mass is 439 g/mol. The maximum Gasteiger partial charge on any atom is 0.237 e. The van der Waals surface area contributed by atoms with E-state index in [-0.39, 0.29) is 23.7 Å². The van der Waals surface area contributed by atoms with E-state index in [1.54, 1.807) is 18.2 Å². The van der Waals surface area contributed by atoms with E-state index >= 15 is 0 Å². The van der Waals surface area contributed by atoms with Crippen molar-refractivity contribution in [3.8, 4) is 17.1 Å². The summed E-state index contributed by atoms with van der Waals surface area (Å²) in [5.41, 5.74) is 2.44. The van der Waals surface area contributed by atoms with Gasteiger partial charge in [0.05, 0.1) is 17.1 Å². The molecular formula is C26H25N5O2. The maximum atomic E-state index is 12.7. The molecular weight excluding hydrogens is 414 g/mol. The molecule has 0 unspecified atom stereocenters. The molecule has 2 heterocycles. The molecule has 7 heteroatoms. The molecule has 0 radical (unpaired) electrons. The largest absolute Gasteiger partial charge is 0.507 e. The standard InChI is InChI=1S/C26H25N5O2/c32-23-13-7-5-11-20(23)25-30-21-12-6-4-10-19(21)24(31-25)29-18-14-22(27-16-18)26(33)28-15-17-8-2-1-3-9-17/h1-13,18,22,27,32H,14-16H2,(H,28,33)(H,29,30,31)/t18-,22+/m0/s1. The highest BCUT2D eigenvalue weighted by atomic mass is 16.3. The zero-order chi connectivity index (χ0) is 22.6. The third kappa shape index (κ3) is 4.63.